The lowest BCUT2D eigenvalue weighted by molar-refractivity contribution is -0.138. The lowest BCUT2D eigenvalue weighted by atomic mass is 10.1. The van der Waals surface area contributed by atoms with Gasteiger partial charge < -0.3 is 5.11 Å². The van der Waals surface area contributed by atoms with Crippen molar-refractivity contribution in [3.8, 4) is 0 Å². The zero-order valence-electron chi connectivity index (χ0n) is 11.1. The van der Waals surface area contributed by atoms with E-state index >= 15 is 0 Å². The van der Waals surface area contributed by atoms with Crippen molar-refractivity contribution < 1.29 is 14.3 Å². The summed E-state index contributed by atoms with van der Waals surface area (Å²) in [4.78, 5) is 14.3. The highest BCUT2D eigenvalue weighted by molar-refractivity contribution is 5.68. The molecule has 0 saturated carbocycles. The molecule has 1 heterocycles. The fourth-order valence-corrected chi connectivity index (χ4v) is 2.25. The Kier molecular flexibility index (Phi) is 4.49. The SMILES string of the molecule is CN(CC(=O)O)CC1CN(C(C)(C)C)CC1F. The topological polar surface area (TPSA) is 43.8 Å². The van der Waals surface area contributed by atoms with Gasteiger partial charge in [0.15, 0.2) is 0 Å². The van der Waals surface area contributed by atoms with Gasteiger partial charge in [0, 0.05) is 31.1 Å². The van der Waals surface area contributed by atoms with Crippen molar-refractivity contribution in [2.75, 3.05) is 33.2 Å². The minimum absolute atomic E-state index is 0.0234. The number of nitrogens with zero attached hydrogens (tertiary/aromatic N) is 2. The number of carboxylic acids is 1. The Morgan fingerprint density at radius 3 is 2.47 bits per heavy atom. The van der Waals surface area contributed by atoms with Gasteiger partial charge in [0.05, 0.1) is 6.54 Å². The van der Waals surface area contributed by atoms with Gasteiger partial charge in [0.1, 0.15) is 6.17 Å². The van der Waals surface area contributed by atoms with Gasteiger partial charge in [-0.2, -0.15) is 0 Å². The minimum Gasteiger partial charge on any atom is -0.480 e. The molecule has 1 fully saturated rings. The Hall–Kier alpha value is -0.680. The molecule has 0 aromatic rings. The maximum absolute atomic E-state index is 13.9. The number of likely N-dealkylation sites (tertiary alicyclic amines) is 1. The second-order valence-electron chi connectivity index (χ2n) is 5.94. The molecule has 1 rings (SSSR count). The Bertz CT molecular complexity index is 278. The molecule has 0 radical (unpaired) electrons. The maximum Gasteiger partial charge on any atom is 0.317 e. The van der Waals surface area contributed by atoms with Crippen molar-refractivity contribution in [3.05, 3.63) is 0 Å². The highest BCUT2D eigenvalue weighted by Crippen LogP contribution is 2.27. The lowest BCUT2D eigenvalue weighted by Gasteiger charge is -2.31. The van der Waals surface area contributed by atoms with Gasteiger partial charge in [-0.1, -0.05) is 0 Å². The molecule has 1 aliphatic rings. The normalized spacial score (nSPS) is 26.7. The molecule has 5 heteroatoms. The minimum atomic E-state index is -0.867. The molecule has 2 atom stereocenters. The zero-order chi connectivity index (χ0) is 13.2. The van der Waals surface area contributed by atoms with Crippen LogP contribution in [0.15, 0.2) is 0 Å². The fraction of sp³-hybridized carbons (Fsp3) is 0.917. The van der Waals surface area contributed by atoms with E-state index in [1.807, 2.05) is 0 Å². The summed E-state index contributed by atoms with van der Waals surface area (Å²) in [6.45, 7) is 7.84. The average molecular weight is 246 g/mol. The Morgan fingerprint density at radius 1 is 1.47 bits per heavy atom. The summed E-state index contributed by atoms with van der Waals surface area (Å²) in [6.07, 6.45) is -0.856. The van der Waals surface area contributed by atoms with Crippen LogP contribution in [0.5, 0.6) is 0 Å². The molecule has 0 aliphatic carbocycles. The second-order valence-corrected chi connectivity index (χ2v) is 5.94. The summed E-state index contributed by atoms with van der Waals surface area (Å²) in [6, 6.07) is 0. The number of aliphatic carboxylic acids is 1. The van der Waals surface area contributed by atoms with E-state index in [2.05, 4.69) is 25.7 Å². The highest BCUT2D eigenvalue weighted by Gasteiger charge is 2.38. The monoisotopic (exact) mass is 246 g/mol. The Morgan fingerprint density at radius 2 is 2.06 bits per heavy atom. The molecule has 17 heavy (non-hydrogen) atoms. The number of likely N-dealkylation sites (N-methyl/N-ethyl adjacent to an activating group) is 1. The van der Waals surface area contributed by atoms with Crippen LogP contribution in [0, 0.1) is 5.92 Å². The van der Waals surface area contributed by atoms with Gasteiger partial charge in [-0.15, -0.1) is 0 Å². The summed E-state index contributed by atoms with van der Waals surface area (Å²) in [5.41, 5.74) is -0.0234. The molecule has 0 amide bonds. The largest absolute Gasteiger partial charge is 0.480 e. The number of hydrogen-bond acceptors (Lipinski definition) is 3. The number of halogens is 1. The van der Waals surface area contributed by atoms with E-state index in [1.54, 1.807) is 11.9 Å². The summed E-state index contributed by atoms with van der Waals surface area (Å²) in [7, 11) is 1.72. The predicted molar refractivity (Wildman–Crippen MR) is 64.8 cm³/mol. The summed E-state index contributed by atoms with van der Waals surface area (Å²) in [5, 5.41) is 8.66. The van der Waals surface area contributed by atoms with Crippen LogP contribution in [-0.2, 0) is 4.79 Å². The number of alkyl halides is 1. The molecule has 0 spiro atoms. The van der Waals surface area contributed by atoms with E-state index in [-0.39, 0.29) is 18.0 Å². The van der Waals surface area contributed by atoms with Crippen LogP contribution >= 0.6 is 0 Å². The van der Waals surface area contributed by atoms with Crippen LogP contribution in [0.25, 0.3) is 0 Å². The standard InChI is InChI=1S/C12H23FN2O2/c1-12(2,3)15-6-9(10(13)7-15)5-14(4)8-11(16)17/h9-10H,5-8H2,1-4H3,(H,16,17). The first kappa shape index (κ1) is 14.4. The van der Waals surface area contributed by atoms with Gasteiger partial charge in [-0.25, -0.2) is 4.39 Å². The summed E-state index contributed by atoms with van der Waals surface area (Å²) in [5.74, 6) is -0.952. The van der Waals surface area contributed by atoms with E-state index in [0.717, 1.165) is 0 Å². The fourth-order valence-electron chi connectivity index (χ4n) is 2.25. The van der Waals surface area contributed by atoms with Crippen LogP contribution in [0.2, 0.25) is 0 Å². The molecule has 1 saturated heterocycles. The molecule has 0 aromatic carbocycles. The van der Waals surface area contributed by atoms with Gasteiger partial charge in [0.2, 0.25) is 0 Å². The van der Waals surface area contributed by atoms with Crippen molar-refractivity contribution >= 4 is 5.97 Å². The van der Waals surface area contributed by atoms with Gasteiger partial charge in [-0.3, -0.25) is 14.6 Å². The number of hydrogen-bond donors (Lipinski definition) is 1. The number of carboxylic acid groups (broad SMARTS) is 1. The van der Waals surface area contributed by atoms with Gasteiger partial charge >= 0.3 is 5.97 Å². The van der Waals surface area contributed by atoms with E-state index in [0.29, 0.717) is 19.6 Å². The summed E-state index contributed by atoms with van der Waals surface area (Å²) >= 11 is 0. The van der Waals surface area contributed by atoms with Crippen LogP contribution in [0.3, 0.4) is 0 Å². The third kappa shape index (κ3) is 4.24. The first-order valence-electron chi connectivity index (χ1n) is 5.99. The zero-order valence-corrected chi connectivity index (χ0v) is 11.1. The summed E-state index contributed by atoms with van der Waals surface area (Å²) < 4.78 is 13.9. The third-order valence-corrected chi connectivity index (χ3v) is 3.26. The number of carbonyl (C=O) groups is 1. The predicted octanol–water partition coefficient (Wildman–Crippen LogP) is 1.07. The van der Waals surface area contributed by atoms with Crippen molar-refractivity contribution in [2.24, 2.45) is 5.92 Å². The Balaban J connectivity index is 2.48. The average Bonchev–Trinajstić information content (AvgIpc) is 2.45. The first-order chi connectivity index (χ1) is 7.70. The van der Waals surface area contributed by atoms with Crippen molar-refractivity contribution in [3.63, 3.8) is 0 Å². The molecule has 0 bridgehead atoms. The molecule has 100 valence electrons. The molecule has 0 aromatic heterocycles. The first-order valence-corrected chi connectivity index (χ1v) is 5.99. The molecular formula is C12H23FN2O2. The Labute approximate surface area is 102 Å². The second kappa shape index (κ2) is 5.31. The van der Waals surface area contributed by atoms with Crippen molar-refractivity contribution in [1.29, 1.82) is 0 Å². The van der Waals surface area contributed by atoms with Crippen LogP contribution < -0.4 is 0 Å². The lowest BCUT2D eigenvalue weighted by Crippen LogP contribution is -2.40. The van der Waals surface area contributed by atoms with Gasteiger partial charge in [-0.05, 0) is 27.8 Å². The molecule has 1 N–H and O–H groups in total. The van der Waals surface area contributed by atoms with Crippen LogP contribution in [0.4, 0.5) is 4.39 Å². The van der Waals surface area contributed by atoms with E-state index in [9.17, 15) is 9.18 Å². The molecule has 2 unspecified atom stereocenters. The van der Waals surface area contributed by atoms with E-state index in [4.69, 9.17) is 5.11 Å². The van der Waals surface area contributed by atoms with Gasteiger partial charge in [0.25, 0.3) is 0 Å². The van der Waals surface area contributed by atoms with Crippen molar-refractivity contribution in [1.82, 2.24) is 9.80 Å². The van der Waals surface area contributed by atoms with Crippen LogP contribution in [0.1, 0.15) is 20.8 Å². The smallest absolute Gasteiger partial charge is 0.317 e. The highest BCUT2D eigenvalue weighted by atomic mass is 19.1. The molecule has 4 nitrogen and oxygen atoms in total. The quantitative estimate of drug-likeness (QED) is 0.806. The molecule has 1 aliphatic heterocycles. The maximum atomic E-state index is 13.9. The van der Waals surface area contributed by atoms with E-state index in [1.165, 1.54) is 0 Å². The number of rotatable bonds is 4. The molecular weight excluding hydrogens is 223 g/mol. The third-order valence-electron chi connectivity index (χ3n) is 3.26. The van der Waals surface area contributed by atoms with E-state index < -0.39 is 12.1 Å². The van der Waals surface area contributed by atoms with Crippen LogP contribution in [-0.4, -0.2) is 65.8 Å². The van der Waals surface area contributed by atoms with Crippen molar-refractivity contribution in [2.45, 2.75) is 32.5 Å².